The molecule has 3 rings (SSSR count). The number of anilines is 1. The Hall–Kier alpha value is -3.30. The number of rotatable bonds is 10. The molecule has 39 heavy (non-hydrogen) atoms. The zero-order valence-corrected chi connectivity index (χ0v) is 21.4. The molecule has 0 spiro atoms. The SMILES string of the molecule is CNC1CCC(Oc2ccc(OC(F)(F)F)c(C(=O)NCCO)c2)C1.FC(F)(F)Oc1cccc(NC=S)c1. The zero-order chi connectivity index (χ0) is 29.1. The summed E-state index contributed by atoms with van der Waals surface area (Å²) in [6.07, 6.45) is -7.11. The second-order valence-corrected chi connectivity index (χ2v) is 8.30. The van der Waals surface area contributed by atoms with Crippen LogP contribution in [0.5, 0.6) is 17.2 Å². The lowest BCUT2D eigenvalue weighted by atomic mass is 10.1. The van der Waals surface area contributed by atoms with Crippen LogP contribution < -0.4 is 30.2 Å². The van der Waals surface area contributed by atoms with Gasteiger partial charge in [-0.25, -0.2) is 0 Å². The normalized spacial score (nSPS) is 16.9. The predicted octanol–water partition coefficient (Wildman–Crippen LogP) is 4.78. The molecule has 4 N–H and O–H groups in total. The Kier molecular flexibility index (Phi) is 12.1. The van der Waals surface area contributed by atoms with E-state index in [0.29, 0.717) is 17.5 Å². The molecule has 1 amide bonds. The number of ether oxygens (including phenoxy) is 3. The first-order chi connectivity index (χ1) is 18.3. The molecule has 1 aliphatic rings. The number of thiocarbonyl (C=S) groups is 1. The van der Waals surface area contributed by atoms with Gasteiger partial charge >= 0.3 is 12.7 Å². The zero-order valence-electron chi connectivity index (χ0n) is 20.6. The van der Waals surface area contributed by atoms with E-state index in [1.807, 2.05) is 7.05 Å². The fraction of sp³-hybridized carbons (Fsp3) is 0.417. The van der Waals surface area contributed by atoms with Gasteiger partial charge in [0.25, 0.3) is 5.91 Å². The third kappa shape index (κ3) is 12.0. The van der Waals surface area contributed by atoms with Gasteiger partial charge in [-0.2, -0.15) is 0 Å². The summed E-state index contributed by atoms with van der Waals surface area (Å²) in [5.74, 6) is -1.38. The molecule has 15 heteroatoms. The minimum atomic E-state index is -4.92. The van der Waals surface area contributed by atoms with Crippen molar-refractivity contribution in [2.75, 3.05) is 25.5 Å². The van der Waals surface area contributed by atoms with E-state index in [9.17, 15) is 31.1 Å². The highest BCUT2D eigenvalue weighted by molar-refractivity contribution is 7.79. The lowest BCUT2D eigenvalue weighted by molar-refractivity contribution is -0.275. The summed E-state index contributed by atoms with van der Waals surface area (Å²) in [4.78, 5) is 12.1. The highest BCUT2D eigenvalue weighted by Gasteiger charge is 2.33. The average Bonchev–Trinajstić information content (AvgIpc) is 3.30. The monoisotopic (exact) mass is 583 g/mol. The summed E-state index contributed by atoms with van der Waals surface area (Å²) in [6, 6.07) is 9.38. The third-order valence-electron chi connectivity index (χ3n) is 5.21. The van der Waals surface area contributed by atoms with Gasteiger partial charge in [-0.1, -0.05) is 18.3 Å². The van der Waals surface area contributed by atoms with Crippen LogP contribution in [0, 0.1) is 0 Å². The van der Waals surface area contributed by atoms with Gasteiger partial charge in [0.1, 0.15) is 23.4 Å². The molecule has 0 aliphatic heterocycles. The maximum atomic E-state index is 12.5. The summed E-state index contributed by atoms with van der Waals surface area (Å²) in [5, 5.41) is 16.8. The van der Waals surface area contributed by atoms with Crippen LogP contribution in [-0.4, -0.2) is 61.6 Å². The number of carbonyl (C=O) groups is 1. The maximum absolute atomic E-state index is 12.5. The maximum Gasteiger partial charge on any atom is 0.573 e. The Morgan fingerprint density at radius 3 is 2.36 bits per heavy atom. The first-order valence-corrected chi connectivity index (χ1v) is 12.0. The summed E-state index contributed by atoms with van der Waals surface area (Å²) >= 11 is 4.49. The van der Waals surface area contributed by atoms with Crippen LogP contribution in [0.1, 0.15) is 29.6 Å². The van der Waals surface area contributed by atoms with E-state index in [0.717, 1.165) is 25.3 Å². The lowest BCUT2D eigenvalue weighted by Gasteiger charge is -2.17. The molecule has 0 bridgehead atoms. The van der Waals surface area contributed by atoms with Crippen LogP contribution in [0.2, 0.25) is 0 Å². The van der Waals surface area contributed by atoms with Crippen molar-refractivity contribution in [1.82, 2.24) is 10.6 Å². The van der Waals surface area contributed by atoms with Crippen molar-refractivity contribution in [1.29, 1.82) is 0 Å². The van der Waals surface area contributed by atoms with Crippen molar-refractivity contribution < 1.29 is 50.5 Å². The highest BCUT2D eigenvalue weighted by Crippen LogP contribution is 2.32. The van der Waals surface area contributed by atoms with Gasteiger partial charge in [0, 0.05) is 24.3 Å². The third-order valence-corrected chi connectivity index (χ3v) is 5.33. The first-order valence-electron chi connectivity index (χ1n) is 11.5. The van der Waals surface area contributed by atoms with Gasteiger partial charge in [0.15, 0.2) is 0 Å². The Bertz CT molecular complexity index is 1090. The van der Waals surface area contributed by atoms with E-state index in [1.54, 1.807) is 6.07 Å². The van der Waals surface area contributed by atoms with E-state index in [-0.39, 0.29) is 30.6 Å². The molecular formula is C24H27F6N3O5S. The van der Waals surface area contributed by atoms with Gasteiger partial charge < -0.3 is 35.3 Å². The summed E-state index contributed by atoms with van der Waals surface area (Å²) in [5.41, 5.74) is 1.35. The summed E-state index contributed by atoms with van der Waals surface area (Å²) < 4.78 is 86.3. The molecule has 216 valence electrons. The minimum absolute atomic E-state index is 0.0693. The van der Waals surface area contributed by atoms with E-state index >= 15 is 0 Å². The van der Waals surface area contributed by atoms with Crippen LogP contribution >= 0.6 is 12.2 Å². The number of benzene rings is 2. The number of alkyl halides is 6. The van der Waals surface area contributed by atoms with Crippen molar-refractivity contribution in [3.8, 4) is 17.2 Å². The smallest absolute Gasteiger partial charge is 0.490 e. The van der Waals surface area contributed by atoms with Crippen LogP contribution in [-0.2, 0) is 0 Å². The fourth-order valence-electron chi connectivity index (χ4n) is 3.59. The molecule has 2 aromatic carbocycles. The van der Waals surface area contributed by atoms with Gasteiger partial charge in [-0.15, -0.1) is 26.3 Å². The number of aliphatic hydroxyl groups is 1. The Balaban J connectivity index is 0.000000322. The Labute approximate surface area is 225 Å². The van der Waals surface area contributed by atoms with Crippen molar-refractivity contribution in [2.24, 2.45) is 0 Å². The molecule has 2 aromatic rings. The molecule has 0 heterocycles. The van der Waals surface area contributed by atoms with Gasteiger partial charge in [0.05, 0.1) is 17.7 Å². The molecule has 0 saturated heterocycles. The van der Waals surface area contributed by atoms with Crippen molar-refractivity contribution >= 4 is 29.3 Å². The lowest BCUT2D eigenvalue weighted by Crippen LogP contribution is -2.28. The molecular weight excluding hydrogens is 556 g/mol. The van der Waals surface area contributed by atoms with Crippen LogP contribution in [0.15, 0.2) is 42.5 Å². The molecule has 1 aliphatic carbocycles. The molecule has 0 aromatic heterocycles. The Morgan fingerprint density at radius 2 is 1.77 bits per heavy atom. The summed E-state index contributed by atoms with van der Waals surface area (Å²) in [7, 11) is 1.86. The number of hydrogen-bond acceptors (Lipinski definition) is 7. The standard InChI is InChI=1S/C16H21F3N2O4.C8H6F3NOS/c1-20-10-2-3-11(8-10)24-12-4-5-14(25-16(17,18)19)13(9-12)15(23)21-6-7-22;9-8(10,11)13-7-3-1-2-6(4-7)12-5-14/h4-5,9-11,20,22H,2-3,6-8H2,1H3,(H,21,23);1-5H,(H,12,14). The Morgan fingerprint density at radius 1 is 1.05 bits per heavy atom. The van der Waals surface area contributed by atoms with Crippen molar-refractivity contribution in [2.45, 2.75) is 44.1 Å². The quantitative estimate of drug-likeness (QED) is 0.234. The van der Waals surface area contributed by atoms with Gasteiger partial charge in [0.2, 0.25) is 0 Å². The van der Waals surface area contributed by atoms with Crippen LogP contribution in [0.3, 0.4) is 0 Å². The van der Waals surface area contributed by atoms with E-state index < -0.39 is 24.4 Å². The number of amides is 1. The predicted molar refractivity (Wildman–Crippen MR) is 134 cm³/mol. The molecule has 8 nitrogen and oxygen atoms in total. The number of hydrogen-bond donors (Lipinski definition) is 4. The molecule has 1 fully saturated rings. The number of halogens is 6. The van der Waals surface area contributed by atoms with Gasteiger partial charge in [-0.05, 0) is 56.6 Å². The van der Waals surface area contributed by atoms with E-state index in [1.165, 1.54) is 35.8 Å². The summed E-state index contributed by atoms with van der Waals surface area (Å²) in [6.45, 7) is -0.410. The molecule has 2 unspecified atom stereocenters. The second-order valence-electron chi connectivity index (χ2n) is 8.06. The van der Waals surface area contributed by atoms with Crippen LogP contribution in [0.25, 0.3) is 0 Å². The molecule has 1 saturated carbocycles. The number of aliphatic hydroxyl groups excluding tert-OH is 1. The number of nitrogens with one attached hydrogen (secondary N) is 3. The van der Waals surface area contributed by atoms with Gasteiger partial charge in [-0.3, -0.25) is 4.79 Å². The van der Waals surface area contributed by atoms with E-state index in [4.69, 9.17) is 9.84 Å². The fourth-order valence-corrected chi connectivity index (χ4v) is 3.73. The molecule has 2 atom stereocenters. The molecule has 0 radical (unpaired) electrons. The highest BCUT2D eigenvalue weighted by atomic mass is 32.1. The van der Waals surface area contributed by atoms with Crippen LogP contribution in [0.4, 0.5) is 32.0 Å². The minimum Gasteiger partial charge on any atom is -0.490 e. The van der Waals surface area contributed by atoms with Crippen molar-refractivity contribution in [3.63, 3.8) is 0 Å². The first kappa shape index (κ1) is 31.9. The average molecular weight is 584 g/mol. The second kappa shape index (κ2) is 14.7. The topological polar surface area (TPSA) is 101 Å². The largest absolute Gasteiger partial charge is 0.573 e. The van der Waals surface area contributed by atoms with E-state index in [2.05, 4.69) is 37.6 Å². The number of carbonyl (C=O) groups excluding carboxylic acids is 1. The van der Waals surface area contributed by atoms with Crippen molar-refractivity contribution in [3.05, 3.63) is 48.0 Å².